The monoisotopic (exact) mass is 743 g/mol. The van der Waals surface area contributed by atoms with Crippen LogP contribution >= 0.6 is 0 Å². The molecule has 4 heterocycles. The molecule has 266 valence electrons. The summed E-state index contributed by atoms with van der Waals surface area (Å²) in [5.41, 5.74) is 10.4. The van der Waals surface area contributed by atoms with Crippen LogP contribution in [-0.2, 0) is 0 Å². The molecule has 11 aromatic rings. The van der Waals surface area contributed by atoms with E-state index in [1.165, 1.54) is 37.1 Å². The van der Waals surface area contributed by atoms with E-state index in [0.717, 1.165) is 61.2 Å². The first-order valence-corrected chi connectivity index (χ1v) is 21.4. The molecule has 0 aliphatic carbocycles. The van der Waals surface area contributed by atoms with Crippen LogP contribution in [0.25, 0.3) is 83.3 Å². The first kappa shape index (κ1) is 32.0. The molecule has 4 nitrogen and oxygen atoms in total. The molecule has 0 unspecified atom stereocenters. The van der Waals surface area contributed by atoms with Crippen molar-refractivity contribution in [3.05, 3.63) is 200 Å². The molecule has 0 radical (unpaired) electrons. The van der Waals surface area contributed by atoms with Crippen LogP contribution in [0.4, 0.5) is 0 Å². The van der Waals surface area contributed by atoms with Crippen molar-refractivity contribution < 1.29 is 4.42 Å². The maximum atomic E-state index is 6.38. The lowest BCUT2D eigenvalue weighted by Crippen LogP contribution is -2.73. The molecule has 0 spiro atoms. The average molecular weight is 744 g/mol. The van der Waals surface area contributed by atoms with E-state index >= 15 is 0 Å². The summed E-state index contributed by atoms with van der Waals surface area (Å²) in [6.45, 7) is 0. The summed E-state index contributed by atoms with van der Waals surface area (Å²) in [6, 6.07) is 71.8. The molecule has 0 bridgehead atoms. The minimum Gasteiger partial charge on any atom is -0.456 e. The van der Waals surface area contributed by atoms with Gasteiger partial charge in [-0.15, -0.1) is 0 Å². The quantitative estimate of drug-likeness (QED) is 0.165. The van der Waals surface area contributed by atoms with Gasteiger partial charge in [-0.05, 0) is 64.1 Å². The van der Waals surface area contributed by atoms with Crippen LogP contribution in [0.3, 0.4) is 0 Å². The summed E-state index contributed by atoms with van der Waals surface area (Å²) < 4.78 is 8.76. The molecule has 5 heteroatoms. The summed E-state index contributed by atoms with van der Waals surface area (Å²) >= 11 is 0. The maximum Gasteiger partial charge on any atom is 0.185 e. The molecule has 0 saturated carbocycles. The van der Waals surface area contributed by atoms with Crippen molar-refractivity contribution in [2.45, 2.75) is 0 Å². The number of rotatable bonds is 5. The van der Waals surface area contributed by atoms with Gasteiger partial charge >= 0.3 is 0 Å². The molecular weight excluding hydrogens is 711 g/mol. The number of furan rings is 1. The first-order valence-electron chi connectivity index (χ1n) is 19.4. The van der Waals surface area contributed by atoms with Gasteiger partial charge in [-0.25, -0.2) is 9.97 Å². The predicted octanol–water partition coefficient (Wildman–Crippen LogP) is 10.2. The van der Waals surface area contributed by atoms with E-state index in [1.54, 1.807) is 0 Å². The van der Waals surface area contributed by atoms with Crippen LogP contribution in [0, 0.1) is 0 Å². The van der Waals surface area contributed by atoms with Gasteiger partial charge in [-0.2, -0.15) is 0 Å². The van der Waals surface area contributed by atoms with Crippen molar-refractivity contribution in [1.82, 2.24) is 14.5 Å². The van der Waals surface area contributed by atoms with E-state index in [4.69, 9.17) is 14.4 Å². The zero-order valence-corrected chi connectivity index (χ0v) is 31.8. The Morgan fingerprint density at radius 2 is 1.05 bits per heavy atom. The fraction of sp³-hybridized carbons (Fsp3) is 0. The summed E-state index contributed by atoms with van der Waals surface area (Å²) in [5, 5.41) is 9.89. The number of fused-ring (bicyclic) bond motifs is 10. The van der Waals surface area contributed by atoms with Crippen molar-refractivity contribution in [2.75, 3.05) is 0 Å². The molecule has 1 aliphatic rings. The Kier molecular flexibility index (Phi) is 6.91. The highest BCUT2D eigenvalue weighted by molar-refractivity contribution is 7.22. The number of hydrogen-bond donors (Lipinski definition) is 0. The zero-order valence-electron chi connectivity index (χ0n) is 30.8. The lowest BCUT2D eigenvalue weighted by atomic mass is 10.1. The van der Waals surface area contributed by atoms with Gasteiger partial charge in [0.25, 0.3) is 0 Å². The normalized spacial score (nSPS) is 13.1. The third kappa shape index (κ3) is 4.55. The Morgan fingerprint density at radius 3 is 1.81 bits per heavy atom. The number of benzene rings is 8. The lowest BCUT2D eigenvalue weighted by molar-refractivity contribution is 0.669. The van der Waals surface area contributed by atoms with Gasteiger partial charge in [-0.1, -0.05) is 152 Å². The highest BCUT2D eigenvalue weighted by Crippen LogP contribution is 2.41. The van der Waals surface area contributed by atoms with Crippen molar-refractivity contribution >= 4 is 72.6 Å². The van der Waals surface area contributed by atoms with Crippen LogP contribution in [0.2, 0.25) is 0 Å². The van der Waals surface area contributed by atoms with Gasteiger partial charge in [0.15, 0.2) is 13.9 Å². The minimum atomic E-state index is -2.85. The molecule has 3 aromatic heterocycles. The Hall–Kier alpha value is -7.34. The van der Waals surface area contributed by atoms with Gasteiger partial charge in [0, 0.05) is 43.7 Å². The number of para-hydroxylation sites is 2. The van der Waals surface area contributed by atoms with Crippen LogP contribution in [0.5, 0.6) is 0 Å². The Bertz CT molecular complexity index is 3300. The van der Waals surface area contributed by atoms with E-state index in [1.807, 2.05) is 12.1 Å². The molecule has 0 N–H and O–H groups in total. The standard InChI is InChI=1S/C52H33N3OSi/c1-4-16-34(17-5-1)48-51-49(42-24-12-15-27-46(42)57(51,37-18-6-2-7-19-37)38-20-8-3-9-21-38)54-52(53-48)35-28-30-36(31-29-35)55-43-25-13-10-22-39(43)40-32-33-45-47(50(40)55)41-23-11-14-26-44(41)56-45/h1-33H. The Morgan fingerprint density at radius 1 is 0.439 bits per heavy atom. The van der Waals surface area contributed by atoms with E-state index in [0.29, 0.717) is 5.82 Å². The third-order valence-electron chi connectivity index (χ3n) is 11.9. The number of aromatic nitrogens is 3. The smallest absolute Gasteiger partial charge is 0.185 e. The van der Waals surface area contributed by atoms with Gasteiger partial charge in [0.05, 0.1) is 27.8 Å². The third-order valence-corrected chi connectivity index (χ3v) is 16.8. The Balaban J connectivity index is 1.11. The molecular formula is C52H33N3OSi. The Labute approximate surface area is 330 Å². The summed E-state index contributed by atoms with van der Waals surface area (Å²) in [7, 11) is -2.85. The average Bonchev–Trinajstić information content (AvgIpc) is 3.94. The molecule has 8 aromatic carbocycles. The van der Waals surface area contributed by atoms with E-state index in [9.17, 15) is 0 Å². The summed E-state index contributed by atoms with van der Waals surface area (Å²) in [4.78, 5) is 11.1. The summed E-state index contributed by atoms with van der Waals surface area (Å²) in [5.74, 6) is 0.713. The SMILES string of the molecule is c1ccc(-c2nc(-c3ccc(-n4c5ccccc5c5ccc6oc7ccccc7c6c54)cc3)nc3c2[Si](c2ccccc2)(c2ccccc2)c2ccccc2-3)cc1. The lowest BCUT2D eigenvalue weighted by Gasteiger charge is -2.32. The number of nitrogens with zero attached hydrogens (tertiary/aromatic N) is 3. The van der Waals surface area contributed by atoms with Gasteiger partial charge in [0.1, 0.15) is 11.2 Å². The van der Waals surface area contributed by atoms with Crippen molar-refractivity contribution in [1.29, 1.82) is 0 Å². The molecule has 12 rings (SSSR count). The topological polar surface area (TPSA) is 43.9 Å². The molecule has 0 fully saturated rings. The zero-order chi connectivity index (χ0) is 37.5. The fourth-order valence-electron chi connectivity index (χ4n) is 9.53. The van der Waals surface area contributed by atoms with Crippen molar-refractivity contribution in [3.8, 4) is 39.6 Å². The van der Waals surface area contributed by atoms with E-state index < -0.39 is 8.07 Å². The van der Waals surface area contributed by atoms with Gasteiger partial charge in [0.2, 0.25) is 0 Å². The largest absolute Gasteiger partial charge is 0.456 e. The maximum absolute atomic E-state index is 6.38. The minimum absolute atomic E-state index is 0.713. The fourth-order valence-corrected chi connectivity index (χ4v) is 14.8. The predicted molar refractivity (Wildman–Crippen MR) is 237 cm³/mol. The van der Waals surface area contributed by atoms with E-state index in [2.05, 4.69) is 193 Å². The molecule has 0 saturated heterocycles. The second-order valence-electron chi connectivity index (χ2n) is 14.8. The molecule has 1 aliphatic heterocycles. The van der Waals surface area contributed by atoms with Crippen molar-refractivity contribution in [3.63, 3.8) is 0 Å². The van der Waals surface area contributed by atoms with Gasteiger partial charge in [-0.3, -0.25) is 0 Å². The second-order valence-corrected chi connectivity index (χ2v) is 18.5. The van der Waals surface area contributed by atoms with Crippen LogP contribution in [0.1, 0.15) is 0 Å². The molecule has 57 heavy (non-hydrogen) atoms. The van der Waals surface area contributed by atoms with Crippen molar-refractivity contribution in [2.24, 2.45) is 0 Å². The molecule has 0 atom stereocenters. The summed E-state index contributed by atoms with van der Waals surface area (Å²) in [6.07, 6.45) is 0. The first-order chi connectivity index (χ1) is 28.3. The van der Waals surface area contributed by atoms with Crippen LogP contribution in [-0.4, -0.2) is 22.6 Å². The number of hydrogen-bond acceptors (Lipinski definition) is 3. The highest BCUT2D eigenvalue weighted by atomic mass is 28.3. The van der Waals surface area contributed by atoms with Gasteiger partial charge < -0.3 is 8.98 Å². The second kappa shape index (κ2) is 12.3. The molecule has 0 amide bonds. The van der Waals surface area contributed by atoms with E-state index in [-0.39, 0.29) is 0 Å². The highest BCUT2D eigenvalue weighted by Gasteiger charge is 2.51. The van der Waals surface area contributed by atoms with Crippen LogP contribution < -0.4 is 20.7 Å². The van der Waals surface area contributed by atoms with Crippen LogP contribution in [0.15, 0.2) is 205 Å².